The lowest BCUT2D eigenvalue weighted by molar-refractivity contribution is 0.759. The second-order valence-corrected chi connectivity index (χ2v) is 5.11. The van der Waals surface area contributed by atoms with Gasteiger partial charge < -0.3 is 10.2 Å². The van der Waals surface area contributed by atoms with Crippen molar-refractivity contribution in [2.24, 2.45) is 0 Å². The highest BCUT2D eigenvalue weighted by molar-refractivity contribution is 5.61. The third-order valence-corrected chi connectivity index (χ3v) is 3.34. The molecule has 0 unspecified atom stereocenters. The molecule has 0 fully saturated rings. The molecule has 0 aliphatic heterocycles. The van der Waals surface area contributed by atoms with Crippen LogP contribution in [0.25, 0.3) is 11.4 Å². The van der Waals surface area contributed by atoms with Crippen LogP contribution in [0.15, 0.2) is 36.4 Å². The Morgan fingerprint density at radius 1 is 1.10 bits per heavy atom. The van der Waals surface area contributed by atoms with Crippen LogP contribution in [0, 0.1) is 0 Å². The number of hydrogen-bond donors (Lipinski definition) is 1. The second-order valence-electron chi connectivity index (χ2n) is 5.11. The second kappa shape index (κ2) is 7.62. The van der Waals surface area contributed by atoms with Gasteiger partial charge in [0.25, 0.3) is 0 Å². The average Bonchev–Trinajstić information content (AvgIpc) is 2.53. The molecule has 0 aliphatic carbocycles. The number of hydrogen-bond acceptors (Lipinski definition) is 4. The summed E-state index contributed by atoms with van der Waals surface area (Å²) < 4.78 is 0. The van der Waals surface area contributed by atoms with Crippen LogP contribution >= 0.6 is 0 Å². The van der Waals surface area contributed by atoms with Crippen LogP contribution < -0.4 is 10.2 Å². The van der Waals surface area contributed by atoms with Crippen LogP contribution in [0.4, 0.5) is 11.6 Å². The van der Waals surface area contributed by atoms with E-state index in [0.717, 1.165) is 42.5 Å². The average molecular weight is 284 g/mol. The monoisotopic (exact) mass is 284 g/mol. The van der Waals surface area contributed by atoms with E-state index in [1.54, 1.807) is 0 Å². The van der Waals surface area contributed by atoms with Crippen LogP contribution in [0.1, 0.15) is 26.7 Å². The molecule has 2 rings (SSSR count). The molecule has 1 aromatic carbocycles. The molecule has 1 N–H and O–H groups in total. The van der Waals surface area contributed by atoms with Crippen molar-refractivity contribution in [1.82, 2.24) is 9.97 Å². The minimum absolute atomic E-state index is 0.771. The lowest BCUT2D eigenvalue weighted by Gasteiger charge is -2.19. The molecule has 21 heavy (non-hydrogen) atoms. The first-order valence-corrected chi connectivity index (χ1v) is 7.64. The normalized spacial score (nSPS) is 10.4. The number of nitrogens with one attached hydrogen (secondary N) is 1. The van der Waals surface area contributed by atoms with E-state index in [1.165, 1.54) is 6.42 Å². The summed E-state index contributed by atoms with van der Waals surface area (Å²) in [4.78, 5) is 11.5. The molecule has 0 amide bonds. The topological polar surface area (TPSA) is 41.0 Å². The van der Waals surface area contributed by atoms with Gasteiger partial charge in [-0.05, 0) is 13.3 Å². The third-order valence-electron chi connectivity index (χ3n) is 3.34. The Morgan fingerprint density at radius 2 is 1.86 bits per heavy atom. The molecule has 1 heterocycles. The summed E-state index contributed by atoms with van der Waals surface area (Å²) in [5.74, 6) is 2.62. The highest BCUT2D eigenvalue weighted by atomic mass is 15.2. The molecule has 2 aromatic rings. The summed E-state index contributed by atoms with van der Waals surface area (Å²) in [5, 5.41) is 3.29. The van der Waals surface area contributed by atoms with E-state index in [2.05, 4.69) is 36.1 Å². The predicted octanol–water partition coefficient (Wildman–Crippen LogP) is 3.81. The largest absolute Gasteiger partial charge is 0.370 e. The maximum absolute atomic E-state index is 4.71. The van der Waals surface area contributed by atoms with Gasteiger partial charge in [0.15, 0.2) is 5.82 Å². The first kappa shape index (κ1) is 15.3. The lowest BCUT2D eigenvalue weighted by Crippen LogP contribution is -2.20. The van der Waals surface area contributed by atoms with Gasteiger partial charge in [0.05, 0.1) is 0 Å². The van der Waals surface area contributed by atoms with Crippen molar-refractivity contribution in [2.45, 2.75) is 26.7 Å². The van der Waals surface area contributed by atoms with Crippen LogP contribution in [0.2, 0.25) is 0 Å². The van der Waals surface area contributed by atoms with E-state index >= 15 is 0 Å². The molecule has 0 saturated heterocycles. The van der Waals surface area contributed by atoms with E-state index in [0.29, 0.717) is 0 Å². The molecule has 4 nitrogen and oxygen atoms in total. The first-order valence-electron chi connectivity index (χ1n) is 7.64. The van der Waals surface area contributed by atoms with Gasteiger partial charge in [-0.2, -0.15) is 0 Å². The van der Waals surface area contributed by atoms with Crippen molar-refractivity contribution in [1.29, 1.82) is 0 Å². The van der Waals surface area contributed by atoms with Crippen molar-refractivity contribution in [3.63, 3.8) is 0 Å². The zero-order valence-corrected chi connectivity index (χ0v) is 13.1. The summed E-state index contributed by atoms with van der Waals surface area (Å²) in [5.41, 5.74) is 1.04. The van der Waals surface area contributed by atoms with E-state index in [4.69, 9.17) is 4.98 Å². The summed E-state index contributed by atoms with van der Waals surface area (Å²) in [6.45, 7) is 6.13. The standard InChI is InChI=1S/C17H24N4/c1-4-6-12-21(3)16-13-15(18-5-2)19-17(20-16)14-10-8-7-9-11-14/h7-11,13H,4-6,12H2,1-3H3,(H,18,19,20). The van der Waals surface area contributed by atoms with Crippen molar-refractivity contribution >= 4 is 11.6 Å². The minimum atomic E-state index is 0.771. The molecule has 0 spiro atoms. The quantitative estimate of drug-likeness (QED) is 0.839. The van der Waals surface area contributed by atoms with Gasteiger partial charge in [-0.3, -0.25) is 0 Å². The van der Waals surface area contributed by atoms with Gasteiger partial charge in [-0.1, -0.05) is 43.7 Å². The van der Waals surface area contributed by atoms with Crippen LogP contribution in [0.5, 0.6) is 0 Å². The van der Waals surface area contributed by atoms with Gasteiger partial charge in [0, 0.05) is 31.8 Å². The smallest absolute Gasteiger partial charge is 0.163 e. The molecule has 112 valence electrons. The fourth-order valence-electron chi connectivity index (χ4n) is 2.13. The highest BCUT2D eigenvalue weighted by Crippen LogP contribution is 2.22. The number of rotatable bonds is 7. The van der Waals surface area contributed by atoms with Crippen LogP contribution in [0.3, 0.4) is 0 Å². The Balaban J connectivity index is 2.34. The molecule has 1 aromatic heterocycles. The Bertz CT molecular complexity index is 554. The van der Waals surface area contributed by atoms with E-state index in [1.807, 2.05) is 36.4 Å². The summed E-state index contributed by atoms with van der Waals surface area (Å²) in [7, 11) is 2.09. The zero-order valence-electron chi connectivity index (χ0n) is 13.1. The summed E-state index contributed by atoms with van der Waals surface area (Å²) >= 11 is 0. The molecule has 4 heteroatoms. The fraction of sp³-hybridized carbons (Fsp3) is 0.412. The van der Waals surface area contributed by atoms with Gasteiger partial charge in [-0.15, -0.1) is 0 Å². The summed E-state index contributed by atoms with van der Waals surface area (Å²) in [6, 6.07) is 12.1. The first-order chi connectivity index (χ1) is 10.2. The number of nitrogens with zero attached hydrogens (tertiary/aromatic N) is 3. The lowest BCUT2D eigenvalue weighted by atomic mass is 10.2. The Labute approximate surface area is 127 Å². The third kappa shape index (κ3) is 4.18. The van der Waals surface area contributed by atoms with Gasteiger partial charge >= 0.3 is 0 Å². The van der Waals surface area contributed by atoms with Crippen molar-refractivity contribution in [3.8, 4) is 11.4 Å². The Kier molecular flexibility index (Phi) is 5.55. The fourth-order valence-corrected chi connectivity index (χ4v) is 2.13. The zero-order chi connectivity index (χ0) is 15.1. The molecular weight excluding hydrogens is 260 g/mol. The van der Waals surface area contributed by atoms with Gasteiger partial charge in [0.1, 0.15) is 11.6 Å². The van der Waals surface area contributed by atoms with Crippen molar-refractivity contribution in [2.75, 3.05) is 30.4 Å². The molecule has 0 saturated carbocycles. The predicted molar refractivity (Wildman–Crippen MR) is 89.8 cm³/mol. The highest BCUT2D eigenvalue weighted by Gasteiger charge is 2.09. The van der Waals surface area contributed by atoms with Crippen molar-refractivity contribution in [3.05, 3.63) is 36.4 Å². The molecule has 0 atom stereocenters. The van der Waals surface area contributed by atoms with E-state index in [9.17, 15) is 0 Å². The van der Waals surface area contributed by atoms with Gasteiger partial charge in [-0.25, -0.2) is 9.97 Å². The Morgan fingerprint density at radius 3 is 2.52 bits per heavy atom. The van der Waals surface area contributed by atoms with Crippen molar-refractivity contribution < 1.29 is 0 Å². The molecule has 0 bridgehead atoms. The maximum atomic E-state index is 4.71. The molecular formula is C17H24N4. The Hall–Kier alpha value is -2.10. The van der Waals surface area contributed by atoms with Crippen LogP contribution in [-0.4, -0.2) is 30.1 Å². The van der Waals surface area contributed by atoms with Gasteiger partial charge in [0.2, 0.25) is 0 Å². The van der Waals surface area contributed by atoms with Crippen LogP contribution in [-0.2, 0) is 0 Å². The SMILES string of the molecule is CCCCN(C)c1cc(NCC)nc(-c2ccccc2)n1. The number of anilines is 2. The maximum Gasteiger partial charge on any atom is 0.163 e. The molecule has 0 radical (unpaired) electrons. The number of benzene rings is 1. The summed E-state index contributed by atoms with van der Waals surface area (Å²) in [6.07, 6.45) is 2.35. The number of aromatic nitrogens is 2. The minimum Gasteiger partial charge on any atom is -0.370 e. The van der Waals surface area contributed by atoms with E-state index in [-0.39, 0.29) is 0 Å². The van der Waals surface area contributed by atoms with E-state index < -0.39 is 0 Å². The number of unbranched alkanes of at least 4 members (excludes halogenated alkanes) is 1. The molecule has 0 aliphatic rings.